The maximum absolute atomic E-state index is 12.8. The first-order valence-electron chi connectivity index (χ1n) is 5.60. The number of benzene rings is 1. The van der Waals surface area contributed by atoms with Crippen LogP contribution in [0, 0.1) is 5.82 Å². The predicted molar refractivity (Wildman–Crippen MR) is 68.0 cm³/mol. The molecule has 1 aromatic carbocycles. The first-order valence-corrected chi connectivity index (χ1v) is 5.60. The van der Waals surface area contributed by atoms with E-state index in [2.05, 4.69) is 9.72 Å². The minimum absolute atomic E-state index is 0. The van der Waals surface area contributed by atoms with E-state index in [9.17, 15) is 14.3 Å². The summed E-state index contributed by atoms with van der Waals surface area (Å²) in [7, 11) is 1.26. The number of hydrogen-bond acceptors (Lipinski definition) is 5. The normalized spacial score (nSPS) is 10.8. The van der Waals surface area contributed by atoms with Gasteiger partial charge in [-0.1, -0.05) is 18.2 Å². The van der Waals surface area contributed by atoms with E-state index >= 15 is 0 Å². The van der Waals surface area contributed by atoms with Crippen LogP contribution >= 0.6 is 0 Å². The average molecular weight is 285 g/mol. The number of rotatable bonds is 3. The largest absolute Gasteiger partial charge is 1.00 e. The molecule has 106 valence electrons. The van der Waals surface area contributed by atoms with Gasteiger partial charge in [-0.15, -0.1) is 0 Å². The van der Waals surface area contributed by atoms with Crippen molar-refractivity contribution in [1.29, 1.82) is 0 Å². The van der Waals surface area contributed by atoms with Crippen LogP contribution in [-0.2, 0) is 4.74 Å². The van der Waals surface area contributed by atoms with E-state index in [0.717, 1.165) is 0 Å². The van der Waals surface area contributed by atoms with Gasteiger partial charge in [-0.3, -0.25) is 0 Å². The van der Waals surface area contributed by atoms with Gasteiger partial charge in [0, 0.05) is 0 Å². The monoisotopic (exact) mass is 285 g/mol. The molecule has 1 unspecified atom stereocenters. The molecule has 0 bridgehead atoms. The van der Waals surface area contributed by atoms with Gasteiger partial charge in [0.2, 0.25) is 0 Å². The third-order valence-electron chi connectivity index (χ3n) is 2.63. The van der Waals surface area contributed by atoms with Crippen LogP contribution in [0.1, 0.15) is 27.8 Å². The van der Waals surface area contributed by atoms with Gasteiger partial charge in [-0.2, -0.15) is 0 Å². The van der Waals surface area contributed by atoms with Gasteiger partial charge in [0.05, 0.1) is 12.8 Å². The Morgan fingerprint density at radius 1 is 1.24 bits per heavy atom. The standard InChI is InChI=1S/C14H12FNO3.Li.H2O/c1-19-14(18)12-4-2-3-11(16-12)13(17)9-5-7-10(15)8-6-9;;/h2-8,13,17H,1H3;;1H2/q;+1;/p-1. The number of esters is 1. The van der Waals surface area contributed by atoms with E-state index in [1.165, 1.54) is 37.4 Å². The molecule has 1 aromatic heterocycles. The topological polar surface area (TPSA) is 89.4 Å². The van der Waals surface area contributed by atoms with Gasteiger partial charge in [0.15, 0.2) is 0 Å². The number of methoxy groups -OCH3 is 1. The number of carbonyl (C=O) groups is 1. The smallest absolute Gasteiger partial charge is 0.870 e. The van der Waals surface area contributed by atoms with Gasteiger partial charge < -0.3 is 15.3 Å². The molecule has 0 aliphatic rings. The van der Waals surface area contributed by atoms with Crippen molar-refractivity contribution in [1.82, 2.24) is 4.98 Å². The van der Waals surface area contributed by atoms with Crippen LogP contribution in [-0.4, -0.2) is 28.6 Å². The molecule has 21 heavy (non-hydrogen) atoms. The number of aliphatic hydroxyl groups excluding tert-OH is 1. The summed E-state index contributed by atoms with van der Waals surface area (Å²) in [5.41, 5.74) is 0.909. The van der Waals surface area contributed by atoms with Crippen LogP contribution in [0.3, 0.4) is 0 Å². The predicted octanol–water partition coefficient (Wildman–Crippen LogP) is -1.08. The number of aliphatic hydroxyl groups is 1. The summed E-state index contributed by atoms with van der Waals surface area (Å²) in [4.78, 5) is 15.4. The second kappa shape index (κ2) is 8.55. The number of aromatic nitrogens is 1. The molecule has 7 heteroatoms. The van der Waals surface area contributed by atoms with Crippen molar-refractivity contribution < 1.29 is 43.4 Å². The van der Waals surface area contributed by atoms with Crippen LogP contribution in [0.4, 0.5) is 4.39 Å². The molecule has 0 aliphatic heterocycles. The number of nitrogens with zero attached hydrogens (tertiary/aromatic N) is 1. The fraction of sp³-hybridized carbons (Fsp3) is 0.143. The Kier molecular flexibility index (Phi) is 7.85. The summed E-state index contributed by atoms with van der Waals surface area (Å²) in [5.74, 6) is -0.958. The van der Waals surface area contributed by atoms with Gasteiger partial charge in [0.1, 0.15) is 17.6 Å². The Labute approximate surface area is 133 Å². The van der Waals surface area contributed by atoms with E-state index in [4.69, 9.17) is 0 Å². The summed E-state index contributed by atoms with van der Waals surface area (Å²) < 4.78 is 17.4. The van der Waals surface area contributed by atoms with E-state index in [1.807, 2.05) is 0 Å². The first-order chi connectivity index (χ1) is 9.11. The van der Waals surface area contributed by atoms with Crippen LogP contribution in [0.5, 0.6) is 0 Å². The Balaban J connectivity index is 0.00000200. The van der Waals surface area contributed by atoms with Gasteiger partial charge in [-0.05, 0) is 29.8 Å². The summed E-state index contributed by atoms with van der Waals surface area (Å²) in [6.45, 7) is 0. The van der Waals surface area contributed by atoms with Crippen molar-refractivity contribution >= 4 is 5.97 Å². The minimum Gasteiger partial charge on any atom is -0.870 e. The molecule has 1 heterocycles. The zero-order chi connectivity index (χ0) is 13.8. The van der Waals surface area contributed by atoms with Crippen molar-refractivity contribution in [2.75, 3.05) is 7.11 Å². The number of carbonyl (C=O) groups excluding carboxylic acids is 1. The number of hydrogen-bond donors (Lipinski definition) is 1. The number of halogens is 1. The van der Waals surface area contributed by atoms with Crippen molar-refractivity contribution in [2.24, 2.45) is 0 Å². The van der Waals surface area contributed by atoms with E-state index in [-0.39, 0.29) is 35.8 Å². The van der Waals surface area contributed by atoms with Gasteiger partial charge in [0.25, 0.3) is 0 Å². The van der Waals surface area contributed by atoms with Gasteiger partial charge in [-0.25, -0.2) is 14.2 Å². The fourth-order valence-electron chi connectivity index (χ4n) is 1.64. The van der Waals surface area contributed by atoms with Crippen molar-refractivity contribution in [3.05, 3.63) is 65.2 Å². The van der Waals surface area contributed by atoms with Crippen LogP contribution in [0.25, 0.3) is 0 Å². The van der Waals surface area contributed by atoms with E-state index < -0.39 is 12.1 Å². The van der Waals surface area contributed by atoms with Crippen molar-refractivity contribution in [3.63, 3.8) is 0 Å². The average Bonchev–Trinajstić information content (AvgIpc) is 2.46. The molecular formula is C14H13FLiNO4. The second-order valence-corrected chi connectivity index (χ2v) is 3.89. The number of pyridine rings is 1. The zero-order valence-electron chi connectivity index (χ0n) is 11.7. The molecule has 2 N–H and O–H groups in total. The summed E-state index contributed by atoms with van der Waals surface area (Å²) in [5, 5.41) is 10.1. The summed E-state index contributed by atoms with van der Waals surface area (Å²) in [6.07, 6.45) is -1.02. The van der Waals surface area contributed by atoms with Crippen molar-refractivity contribution in [2.45, 2.75) is 6.10 Å². The quantitative estimate of drug-likeness (QED) is 0.572. The molecule has 5 nitrogen and oxygen atoms in total. The fourth-order valence-corrected chi connectivity index (χ4v) is 1.64. The Hall–Kier alpha value is -1.71. The van der Waals surface area contributed by atoms with Crippen molar-refractivity contribution in [3.8, 4) is 0 Å². The SMILES string of the molecule is COC(=O)c1cccc(C(O)c2ccc(F)cc2)n1.[Li+].[OH-]. The Morgan fingerprint density at radius 3 is 2.43 bits per heavy atom. The molecule has 0 spiro atoms. The summed E-state index contributed by atoms with van der Waals surface area (Å²) >= 11 is 0. The summed E-state index contributed by atoms with van der Waals surface area (Å²) in [6, 6.07) is 10.1. The molecular weight excluding hydrogens is 272 g/mol. The Bertz CT molecular complexity index is 592. The molecule has 0 saturated heterocycles. The van der Waals surface area contributed by atoms with Crippen LogP contribution < -0.4 is 18.9 Å². The van der Waals surface area contributed by atoms with Crippen LogP contribution in [0.15, 0.2) is 42.5 Å². The molecule has 2 aromatic rings. The number of ether oxygens (including phenoxy) is 1. The Morgan fingerprint density at radius 2 is 1.86 bits per heavy atom. The third kappa shape index (κ3) is 4.65. The second-order valence-electron chi connectivity index (χ2n) is 3.89. The molecule has 1 atom stereocenters. The first kappa shape index (κ1) is 19.3. The maximum Gasteiger partial charge on any atom is 1.00 e. The minimum atomic E-state index is -1.02. The van der Waals surface area contributed by atoms with Crippen LogP contribution in [0.2, 0.25) is 0 Å². The molecule has 2 rings (SSSR count). The van der Waals surface area contributed by atoms with E-state index in [1.54, 1.807) is 12.1 Å². The van der Waals surface area contributed by atoms with Gasteiger partial charge >= 0.3 is 24.8 Å². The molecule has 0 radical (unpaired) electrons. The zero-order valence-corrected chi connectivity index (χ0v) is 11.7. The molecule has 0 saturated carbocycles. The maximum atomic E-state index is 12.8. The molecule has 0 amide bonds. The molecule has 0 aliphatic carbocycles. The molecule has 0 fully saturated rings. The third-order valence-corrected chi connectivity index (χ3v) is 2.63. The van der Waals surface area contributed by atoms with E-state index in [0.29, 0.717) is 11.3 Å².